The Hall–Kier alpha value is -2.78. The second kappa shape index (κ2) is 13.5. The summed E-state index contributed by atoms with van der Waals surface area (Å²) in [5, 5.41) is 3.80. The summed E-state index contributed by atoms with van der Waals surface area (Å²) in [6.45, 7) is 4.90. The van der Waals surface area contributed by atoms with Crippen molar-refractivity contribution in [2.24, 2.45) is 0 Å². The normalized spacial score (nSPS) is 12.9. The molecule has 0 fully saturated rings. The summed E-state index contributed by atoms with van der Waals surface area (Å²) in [5.41, 5.74) is 0.882. The summed E-state index contributed by atoms with van der Waals surface area (Å²) in [7, 11) is -4.19. The van der Waals surface area contributed by atoms with E-state index in [1.165, 1.54) is 35.2 Å². The zero-order chi connectivity index (χ0) is 28.7. The minimum atomic E-state index is -4.19. The Morgan fingerprint density at radius 1 is 0.897 bits per heavy atom. The van der Waals surface area contributed by atoms with Gasteiger partial charge in [-0.3, -0.25) is 13.9 Å². The molecule has 0 radical (unpaired) electrons. The molecule has 0 aliphatic heterocycles. The molecule has 0 heterocycles. The van der Waals surface area contributed by atoms with Gasteiger partial charge in [-0.15, -0.1) is 0 Å². The lowest BCUT2D eigenvalue weighted by molar-refractivity contribution is -0.139. The van der Waals surface area contributed by atoms with Gasteiger partial charge >= 0.3 is 0 Å². The lowest BCUT2D eigenvalue weighted by atomic mass is 10.1. The second-order valence-corrected chi connectivity index (χ2v) is 12.2. The first-order valence-electron chi connectivity index (χ1n) is 12.3. The summed E-state index contributed by atoms with van der Waals surface area (Å²) in [6, 6.07) is 18.0. The van der Waals surface area contributed by atoms with Crippen LogP contribution in [0.25, 0.3) is 0 Å². The SMILES string of the molecule is CCC(C)NC(=O)C(C)N(Cc1ccc(Cl)cc1)C(=O)CN(c1ccc(Cl)c(Cl)c1)S(=O)(=O)c1ccccc1. The Balaban J connectivity index is 2.03. The molecule has 0 bridgehead atoms. The van der Waals surface area contributed by atoms with Gasteiger partial charge in [0.2, 0.25) is 11.8 Å². The monoisotopic (exact) mass is 609 g/mol. The summed E-state index contributed by atoms with van der Waals surface area (Å²) >= 11 is 18.3. The van der Waals surface area contributed by atoms with E-state index in [1.807, 2.05) is 13.8 Å². The molecule has 0 aliphatic rings. The van der Waals surface area contributed by atoms with Gasteiger partial charge < -0.3 is 10.2 Å². The van der Waals surface area contributed by atoms with Crippen LogP contribution in [0.4, 0.5) is 5.69 Å². The van der Waals surface area contributed by atoms with Gasteiger partial charge in [0.1, 0.15) is 12.6 Å². The fourth-order valence-corrected chi connectivity index (χ4v) is 5.57. The summed E-state index contributed by atoms with van der Waals surface area (Å²) in [5.74, 6) is -0.930. The predicted molar refractivity (Wildman–Crippen MR) is 157 cm³/mol. The van der Waals surface area contributed by atoms with E-state index in [-0.39, 0.29) is 39.1 Å². The van der Waals surface area contributed by atoms with Gasteiger partial charge in [-0.2, -0.15) is 0 Å². The largest absolute Gasteiger partial charge is 0.352 e. The van der Waals surface area contributed by atoms with Gasteiger partial charge in [0.05, 0.1) is 20.6 Å². The lowest BCUT2D eigenvalue weighted by Crippen LogP contribution is -2.52. The van der Waals surface area contributed by atoms with E-state index in [9.17, 15) is 18.0 Å². The molecule has 1 N–H and O–H groups in total. The highest BCUT2D eigenvalue weighted by Crippen LogP contribution is 2.31. The molecule has 2 amide bonds. The van der Waals surface area contributed by atoms with Gasteiger partial charge in [0.25, 0.3) is 10.0 Å². The van der Waals surface area contributed by atoms with Crippen molar-refractivity contribution in [1.82, 2.24) is 10.2 Å². The van der Waals surface area contributed by atoms with Gasteiger partial charge in [0.15, 0.2) is 0 Å². The standard InChI is InChI=1S/C28H30Cl3N3O4S/c1-4-19(2)32-28(36)20(3)33(17-21-10-12-22(29)13-11-21)27(35)18-34(23-14-15-25(30)26(31)16-23)39(37,38)24-8-6-5-7-9-24/h5-16,19-20H,4,17-18H2,1-3H3,(H,32,36). The highest BCUT2D eigenvalue weighted by Gasteiger charge is 2.33. The zero-order valence-corrected chi connectivity index (χ0v) is 24.9. The summed E-state index contributed by atoms with van der Waals surface area (Å²) in [4.78, 5) is 28.3. The van der Waals surface area contributed by atoms with Gasteiger partial charge in [-0.05, 0) is 68.3 Å². The van der Waals surface area contributed by atoms with E-state index in [0.29, 0.717) is 11.4 Å². The van der Waals surface area contributed by atoms with Gasteiger partial charge in [0, 0.05) is 17.6 Å². The molecule has 3 rings (SSSR count). The van der Waals surface area contributed by atoms with E-state index in [2.05, 4.69) is 5.32 Å². The third-order valence-corrected chi connectivity index (χ3v) is 9.01. The van der Waals surface area contributed by atoms with Crippen LogP contribution in [0.15, 0.2) is 77.7 Å². The Bertz CT molecular complexity index is 1400. The van der Waals surface area contributed by atoms with Crippen LogP contribution in [0.5, 0.6) is 0 Å². The topological polar surface area (TPSA) is 86.8 Å². The first-order chi connectivity index (χ1) is 18.4. The molecular weight excluding hydrogens is 581 g/mol. The van der Waals surface area contributed by atoms with E-state index in [1.54, 1.807) is 49.4 Å². The number of rotatable bonds is 11. The Morgan fingerprint density at radius 2 is 1.54 bits per heavy atom. The van der Waals surface area contributed by atoms with Crippen LogP contribution in [0.1, 0.15) is 32.8 Å². The maximum absolute atomic E-state index is 13.9. The quantitative estimate of drug-likeness (QED) is 0.281. The van der Waals surface area contributed by atoms with Crippen LogP contribution in [-0.4, -0.2) is 43.8 Å². The van der Waals surface area contributed by atoms with E-state index >= 15 is 0 Å². The third-order valence-electron chi connectivity index (χ3n) is 6.24. The molecule has 0 aromatic heterocycles. The van der Waals surface area contributed by atoms with Crippen molar-refractivity contribution >= 4 is 62.3 Å². The number of hydrogen-bond acceptors (Lipinski definition) is 4. The Morgan fingerprint density at radius 3 is 2.13 bits per heavy atom. The van der Waals surface area contributed by atoms with Crippen molar-refractivity contribution in [1.29, 1.82) is 0 Å². The van der Waals surface area contributed by atoms with Crippen LogP contribution in [0.2, 0.25) is 15.1 Å². The fourth-order valence-electron chi connectivity index (χ4n) is 3.72. The number of carbonyl (C=O) groups excluding carboxylic acids is 2. The predicted octanol–water partition coefficient (Wildman–Crippen LogP) is 6.17. The molecule has 0 saturated carbocycles. The van der Waals surface area contributed by atoms with E-state index in [4.69, 9.17) is 34.8 Å². The highest BCUT2D eigenvalue weighted by molar-refractivity contribution is 7.92. The van der Waals surface area contributed by atoms with Crippen molar-refractivity contribution < 1.29 is 18.0 Å². The van der Waals surface area contributed by atoms with Crippen molar-refractivity contribution in [2.45, 2.75) is 50.7 Å². The number of nitrogens with zero attached hydrogens (tertiary/aromatic N) is 2. The maximum atomic E-state index is 13.9. The number of hydrogen-bond donors (Lipinski definition) is 1. The Labute approximate surface area is 244 Å². The Kier molecular flexibility index (Phi) is 10.7. The average Bonchev–Trinajstić information content (AvgIpc) is 2.92. The van der Waals surface area contributed by atoms with Crippen molar-refractivity contribution in [3.05, 3.63) is 93.4 Å². The van der Waals surface area contributed by atoms with Crippen LogP contribution < -0.4 is 9.62 Å². The van der Waals surface area contributed by atoms with Crippen LogP contribution in [0, 0.1) is 0 Å². The van der Waals surface area contributed by atoms with Crippen molar-refractivity contribution in [3.63, 3.8) is 0 Å². The number of benzene rings is 3. The molecule has 0 aliphatic carbocycles. The first-order valence-corrected chi connectivity index (χ1v) is 14.9. The number of nitrogens with one attached hydrogen (secondary N) is 1. The molecule has 3 aromatic rings. The molecule has 0 saturated heterocycles. The maximum Gasteiger partial charge on any atom is 0.264 e. The molecule has 11 heteroatoms. The molecule has 208 valence electrons. The number of carbonyl (C=O) groups is 2. The lowest BCUT2D eigenvalue weighted by Gasteiger charge is -2.32. The molecule has 39 heavy (non-hydrogen) atoms. The van der Waals surface area contributed by atoms with Crippen molar-refractivity contribution in [2.75, 3.05) is 10.8 Å². The number of anilines is 1. The molecule has 7 nitrogen and oxygen atoms in total. The third kappa shape index (κ3) is 7.88. The number of halogens is 3. The summed E-state index contributed by atoms with van der Waals surface area (Å²) < 4.78 is 28.5. The fraction of sp³-hybridized carbons (Fsp3) is 0.286. The molecule has 3 aromatic carbocycles. The van der Waals surface area contributed by atoms with E-state index < -0.39 is 28.5 Å². The van der Waals surface area contributed by atoms with E-state index in [0.717, 1.165) is 9.87 Å². The smallest absolute Gasteiger partial charge is 0.264 e. The van der Waals surface area contributed by atoms with Crippen molar-refractivity contribution in [3.8, 4) is 0 Å². The average molecular weight is 611 g/mol. The zero-order valence-electron chi connectivity index (χ0n) is 21.8. The minimum absolute atomic E-state index is 0.00399. The number of sulfonamides is 1. The van der Waals surface area contributed by atoms with Gasteiger partial charge in [-0.25, -0.2) is 8.42 Å². The summed E-state index contributed by atoms with van der Waals surface area (Å²) in [6.07, 6.45) is 0.712. The second-order valence-electron chi connectivity index (χ2n) is 9.07. The van der Waals surface area contributed by atoms with Crippen LogP contribution in [-0.2, 0) is 26.2 Å². The minimum Gasteiger partial charge on any atom is -0.352 e. The van der Waals surface area contributed by atoms with Gasteiger partial charge in [-0.1, -0.05) is 72.1 Å². The van der Waals surface area contributed by atoms with Crippen LogP contribution in [0.3, 0.4) is 0 Å². The molecule has 0 spiro atoms. The highest BCUT2D eigenvalue weighted by atomic mass is 35.5. The number of amides is 2. The first kappa shape index (κ1) is 30.8. The molecule has 2 unspecified atom stereocenters. The van der Waals surface area contributed by atoms with Crippen LogP contribution >= 0.6 is 34.8 Å². The molecular formula is C28H30Cl3N3O4S. The molecule has 2 atom stereocenters.